The Morgan fingerprint density at radius 3 is 2.57 bits per heavy atom. The molecule has 0 aliphatic carbocycles. The zero-order valence-corrected chi connectivity index (χ0v) is 17.8. The number of fused-ring (bicyclic) bond motifs is 6. The Morgan fingerprint density at radius 1 is 1.07 bits per heavy atom. The second-order valence-corrected chi connectivity index (χ2v) is 8.58. The molecule has 1 fully saturated rings. The molecule has 1 saturated heterocycles. The highest BCUT2D eigenvalue weighted by Gasteiger charge is 2.30. The van der Waals surface area contributed by atoms with E-state index in [1.54, 1.807) is 11.8 Å². The first-order valence-electron chi connectivity index (χ1n) is 11.0. The maximum atomic E-state index is 12.5. The van der Waals surface area contributed by atoms with E-state index in [0.29, 0.717) is 18.1 Å². The second-order valence-electron chi connectivity index (χ2n) is 8.58. The van der Waals surface area contributed by atoms with Gasteiger partial charge in [0.25, 0.3) is 0 Å². The summed E-state index contributed by atoms with van der Waals surface area (Å²) in [6.45, 7) is 11.2. The minimum absolute atomic E-state index is 0.0479. The number of nitrogens with one attached hydrogen (secondary N) is 2. The van der Waals surface area contributed by atoms with Gasteiger partial charge in [0.1, 0.15) is 36.7 Å². The van der Waals surface area contributed by atoms with Gasteiger partial charge in [-0.05, 0) is 13.8 Å². The predicted octanol–water partition coefficient (Wildman–Crippen LogP) is 1.14. The first kappa shape index (κ1) is 19.5. The molecule has 2 aliphatic rings. The van der Waals surface area contributed by atoms with Crippen LogP contribution in [-0.2, 0) is 11.3 Å². The topological polar surface area (TPSA) is 57.5 Å². The molecule has 0 bridgehead atoms. The highest BCUT2D eigenvalue weighted by atomic mass is 16.5. The van der Waals surface area contributed by atoms with Gasteiger partial charge < -0.3 is 18.8 Å². The number of hydrogen-bond acceptors (Lipinski definition) is 4. The maximum Gasteiger partial charge on any atom is 0.222 e. The molecule has 5 rings (SSSR count). The quantitative estimate of drug-likeness (QED) is 0.620. The Kier molecular flexibility index (Phi) is 5.23. The number of benzene rings is 2. The highest BCUT2D eigenvalue weighted by Crippen LogP contribution is 2.42. The average molecular weight is 411 g/mol. The first-order chi connectivity index (χ1) is 14.6. The Bertz CT molecular complexity index is 1100. The standard InChI is InChI=1S/C24H28N2O4/c1-16(27)21-17(2)30-24-19-7-4-3-6-18(19)23-20(22(21)24)14-26(15-29-23)9-5-8-25-10-12-28-13-11-25/h3-4,6-7H,5,8-15H2,1-2H3/p+2. The van der Waals surface area contributed by atoms with Crippen LogP contribution >= 0.6 is 0 Å². The van der Waals surface area contributed by atoms with Crippen molar-refractivity contribution in [1.82, 2.24) is 0 Å². The fourth-order valence-electron chi connectivity index (χ4n) is 5.07. The molecule has 2 aliphatic heterocycles. The van der Waals surface area contributed by atoms with Gasteiger partial charge in [-0.3, -0.25) is 9.69 Å². The molecular formula is C24H30N2O4+2. The maximum absolute atomic E-state index is 12.5. The number of ether oxygens (including phenoxy) is 2. The Morgan fingerprint density at radius 2 is 1.80 bits per heavy atom. The molecule has 158 valence electrons. The van der Waals surface area contributed by atoms with Crippen molar-refractivity contribution in [2.75, 3.05) is 46.1 Å². The number of quaternary nitrogens is 2. The fourth-order valence-corrected chi connectivity index (χ4v) is 5.07. The van der Waals surface area contributed by atoms with Crippen LogP contribution in [0.5, 0.6) is 5.75 Å². The first-order valence-corrected chi connectivity index (χ1v) is 11.0. The highest BCUT2D eigenvalue weighted by molar-refractivity contribution is 6.17. The van der Waals surface area contributed by atoms with Crippen molar-refractivity contribution < 1.29 is 28.5 Å². The summed E-state index contributed by atoms with van der Waals surface area (Å²) in [5.74, 6) is 1.66. The van der Waals surface area contributed by atoms with Crippen molar-refractivity contribution >= 4 is 27.5 Å². The lowest BCUT2D eigenvalue weighted by Crippen LogP contribution is -3.16. The van der Waals surface area contributed by atoms with Crippen LogP contribution in [0.1, 0.15) is 35.0 Å². The van der Waals surface area contributed by atoms with Crippen molar-refractivity contribution in [2.45, 2.75) is 26.8 Å². The molecular weight excluding hydrogens is 380 g/mol. The predicted molar refractivity (Wildman–Crippen MR) is 114 cm³/mol. The lowest BCUT2D eigenvalue weighted by molar-refractivity contribution is -0.942. The number of carbonyl (C=O) groups excluding carboxylic acids is 1. The van der Waals surface area contributed by atoms with E-state index in [0.717, 1.165) is 78.9 Å². The molecule has 0 spiro atoms. The van der Waals surface area contributed by atoms with E-state index in [1.807, 2.05) is 19.1 Å². The van der Waals surface area contributed by atoms with Gasteiger partial charge in [0, 0.05) is 22.6 Å². The van der Waals surface area contributed by atoms with Crippen molar-refractivity contribution in [3.8, 4) is 5.75 Å². The normalized spacial score (nSPS) is 19.7. The molecule has 1 aromatic heterocycles. The van der Waals surface area contributed by atoms with E-state index in [9.17, 15) is 4.79 Å². The van der Waals surface area contributed by atoms with Crippen LogP contribution in [0.25, 0.3) is 21.7 Å². The molecule has 30 heavy (non-hydrogen) atoms. The monoisotopic (exact) mass is 410 g/mol. The number of ketones is 1. The summed E-state index contributed by atoms with van der Waals surface area (Å²) in [7, 11) is 0. The largest absolute Gasteiger partial charge is 0.460 e. The number of carbonyl (C=O) groups is 1. The molecule has 2 N–H and O–H groups in total. The number of Topliss-reactive ketones (excluding diaryl/α,β-unsaturated/α-hetero) is 1. The van der Waals surface area contributed by atoms with Gasteiger partial charge in [0.05, 0.1) is 37.4 Å². The number of aryl methyl sites for hydroxylation is 1. The van der Waals surface area contributed by atoms with Crippen LogP contribution in [-0.4, -0.2) is 51.9 Å². The van der Waals surface area contributed by atoms with Gasteiger partial charge in [-0.2, -0.15) is 0 Å². The Balaban J connectivity index is 1.48. The zero-order valence-electron chi connectivity index (χ0n) is 17.8. The molecule has 3 aromatic rings. The number of rotatable bonds is 5. The van der Waals surface area contributed by atoms with E-state index in [-0.39, 0.29) is 5.78 Å². The lowest BCUT2D eigenvalue weighted by Gasteiger charge is -2.29. The molecule has 0 radical (unpaired) electrons. The summed E-state index contributed by atoms with van der Waals surface area (Å²) in [5.41, 5.74) is 2.63. The summed E-state index contributed by atoms with van der Waals surface area (Å²) in [6.07, 6.45) is 1.16. The van der Waals surface area contributed by atoms with Crippen molar-refractivity contribution in [3.63, 3.8) is 0 Å². The SMILES string of the molecule is CC(=O)c1c(C)oc2c1c1c(c3ccccc32)OC[NH+](CCC[NH+]2CCOCC2)C1. The van der Waals surface area contributed by atoms with Crippen LogP contribution < -0.4 is 14.5 Å². The molecule has 6 heteroatoms. The third kappa shape index (κ3) is 3.39. The minimum atomic E-state index is 0.0479. The van der Waals surface area contributed by atoms with Crippen LogP contribution in [0, 0.1) is 6.92 Å². The van der Waals surface area contributed by atoms with Crippen LogP contribution in [0.3, 0.4) is 0 Å². The van der Waals surface area contributed by atoms with E-state index in [4.69, 9.17) is 13.9 Å². The van der Waals surface area contributed by atoms with Crippen LogP contribution in [0.15, 0.2) is 28.7 Å². The minimum Gasteiger partial charge on any atom is -0.460 e. The summed E-state index contributed by atoms with van der Waals surface area (Å²) in [6, 6.07) is 8.18. The zero-order chi connectivity index (χ0) is 20.7. The lowest BCUT2D eigenvalue weighted by atomic mass is 9.95. The third-order valence-corrected chi connectivity index (χ3v) is 6.54. The van der Waals surface area contributed by atoms with E-state index in [2.05, 4.69) is 12.1 Å². The Hall–Kier alpha value is -2.41. The van der Waals surface area contributed by atoms with Crippen molar-refractivity contribution in [3.05, 3.63) is 41.2 Å². The van der Waals surface area contributed by atoms with Crippen LogP contribution in [0.4, 0.5) is 0 Å². The van der Waals surface area contributed by atoms with Gasteiger partial charge in [0.15, 0.2) is 5.78 Å². The van der Waals surface area contributed by atoms with Gasteiger partial charge >= 0.3 is 0 Å². The van der Waals surface area contributed by atoms with E-state index >= 15 is 0 Å². The fraction of sp³-hybridized carbons (Fsp3) is 0.458. The van der Waals surface area contributed by atoms with Gasteiger partial charge in [0.2, 0.25) is 6.73 Å². The van der Waals surface area contributed by atoms with Gasteiger partial charge in [-0.1, -0.05) is 24.3 Å². The summed E-state index contributed by atoms with van der Waals surface area (Å²) in [4.78, 5) is 15.5. The molecule has 6 nitrogen and oxygen atoms in total. The average Bonchev–Trinajstić information content (AvgIpc) is 3.12. The van der Waals surface area contributed by atoms with Gasteiger partial charge in [-0.25, -0.2) is 0 Å². The van der Waals surface area contributed by atoms with E-state index in [1.165, 1.54) is 11.4 Å². The molecule has 0 saturated carbocycles. The summed E-state index contributed by atoms with van der Waals surface area (Å²) in [5, 5.41) is 3.03. The smallest absolute Gasteiger partial charge is 0.222 e. The summed E-state index contributed by atoms with van der Waals surface area (Å²) < 4.78 is 17.9. The third-order valence-electron chi connectivity index (χ3n) is 6.54. The second kappa shape index (κ2) is 8.02. The van der Waals surface area contributed by atoms with E-state index < -0.39 is 0 Å². The molecule has 3 heterocycles. The van der Waals surface area contributed by atoms with Crippen molar-refractivity contribution in [2.24, 2.45) is 0 Å². The number of hydrogen-bond donors (Lipinski definition) is 2. The number of morpholine rings is 1. The van der Waals surface area contributed by atoms with Crippen LogP contribution in [0.2, 0.25) is 0 Å². The number of furan rings is 1. The molecule has 1 unspecified atom stereocenters. The molecule has 1 atom stereocenters. The molecule has 0 amide bonds. The van der Waals surface area contributed by atoms with Gasteiger partial charge in [-0.15, -0.1) is 0 Å². The Labute approximate surface area is 176 Å². The van der Waals surface area contributed by atoms with Crippen molar-refractivity contribution in [1.29, 1.82) is 0 Å². The summed E-state index contributed by atoms with van der Waals surface area (Å²) >= 11 is 0. The molecule has 2 aromatic carbocycles.